The fraction of sp³-hybridized carbons (Fsp3) is 0.429. The molecule has 3 N–H and O–H groups in total. The van der Waals surface area contributed by atoms with E-state index < -0.39 is 22.8 Å². The molecule has 0 aliphatic heterocycles. The van der Waals surface area contributed by atoms with Crippen molar-refractivity contribution < 1.29 is 24.0 Å². The van der Waals surface area contributed by atoms with Crippen LogP contribution in [0.25, 0.3) is 0 Å². The topological polar surface area (TPSA) is 134 Å². The Morgan fingerprint density at radius 3 is 2.65 bits per heavy atom. The van der Waals surface area contributed by atoms with Gasteiger partial charge in [0, 0.05) is 25.2 Å². The Hall–Kier alpha value is -2.52. The van der Waals surface area contributed by atoms with E-state index in [1.807, 2.05) is 0 Å². The zero-order valence-electron chi connectivity index (χ0n) is 12.7. The summed E-state index contributed by atoms with van der Waals surface area (Å²) >= 11 is 0. The zero-order chi connectivity index (χ0) is 17.2. The number of ether oxygens (including phenoxy) is 2. The predicted molar refractivity (Wildman–Crippen MR) is 80.6 cm³/mol. The Bertz CT molecular complexity index is 563. The van der Waals surface area contributed by atoms with E-state index in [4.69, 9.17) is 15.2 Å². The van der Waals surface area contributed by atoms with Gasteiger partial charge >= 0.3 is 0 Å². The second kappa shape index (κ2) is 9.49. The lowest BCUT2D eigenvalue weighted by Gasteiger charge is -2.15. The molecule has 1 atom stereocenters. The Balaban J connectivity index is 2.68. The molecule has 0 aliphatic rings. The number of hydrogen-bond donors (Lipinski definition) is 2. The Morgan fingerprint density at radius 2 is 2.04 bits per heavy atom. The zero-order valence-corrected chi connectivity index (χ0v) is 12.7. The molecular weight excluding hydrogens is 306 g/mol. The van der Waals surface area contributed by atoms with Crippen molar-refractivity contribution in [3.05, 3.63) is 39.9 Å². The number of rotatable bonds is 10. The van der Waals surface area contributed by atoms with E-state index >= 15 is 0 Å². The van der Waals surface area contributed by atoms with Crippen LogP contribution in [-0.4, -0.2) is 49.7 Å². The van der Waals surface area contributed by atoms with Gasteiger partial charge in [-0.15, -0.1) is 0 Å². The van der Waals surface area contributed by atoms with Crippen molar-refractivity contribution in [1.29, 1.82) is 0 Å². The van der Waals surface area contributed by atoms with Gasteiger partial charge in [0.2, 0.25) is 11.8 Å². The highest BCUT2D eigenvalue weighted by Gasteiger charge is 2.23. The molecule has 0 saturated carbocycles. The van der Waals surface area contributed by atoms with Crippen LogP contribution < -0.4 is 11.1 Å². The Labute approximate surface area is 132 Å². The molecule has 0 bridgehead atoms. The molecular formula is C14H19N3O6. The quantitative estimate of drug-likeness (QED) is 0.347. The molecule has 9 nitrogen and oxygen atoms in total. The third-order valence-corrected chi connectivity index (χ3v) is 2.96. The van der Waals surface area contributed by atoms with Gasteiger partial charge in [0.15, 0.2) is 0 Å². The number of para-hydroxylation sites is 1. The third kappa shape index (κ3) is 6.41. The van der Waals surface area contributed by atoms with E-state index in [0.29, 0.717) is 12.2 Å². The molecule has 0 aliphatic carbocycles. The number of amides is 2. The van der Waals surface area contributed by atoms with Gasteiger partial charge in [-0.25, -0.2) is 0 Å². The summed E-state index contributed by atoms with van der Waals surface area (Å²) in [6.45, 7) is 0.308. The van der Waals surface area contributed by atoms with Gasteiger partial charge in [0.1, 0.15) is 12.6 Å². The van der Waals surface area contributed by atoms with E-state index in [0.717, 1.165) is 0 Å². The molecule has 0 aromatic heterocycles. The van der Waals surface area contributed by atoms with Crippen molar-refractivity contribution in [3.63, 3.8) is 0 Å². The summed E-state index contributed by atoms with van der Waals surface area (Å²) in [4.78, 5) is 33.6. The van der Waals surface area contributed by atoms with Gasteiger partial charge < -0.3 is 20.5 Å². The molecule has 1 aromatic rings. The molecule has 126 valence electrons. The molecule has 0 fully saturated rings. The summed E-state index contributed by atoms with van der Waals surface area (Å²) in [6, 6.07) is 4.90. The number of nitrogens with one attached hydrogen (secondary N) is 1. The van der Waals surface area contributed by atoms with Crippen molar-refractivity contribution in [2.45, 2.75) is 12.5 Å². The van der Waals surface area contributed by atoms with E-state index in [9.17, 15) is 19.7 Å². The maximum Gasteiger partial charge on any atom is 0.272 e. The van der Waals surface area contributed by atoms with Crippen molar-refractivity contribution >= 4 is 17.5 Å². The molecule has 0 spiro atoms. The van der Waals surface area contributed by atoms with Gasteiger partial charge in [-0.05, 0) is 0 Å². The minimum absolute atomic E-state index is 0.0731. The smallest absolute Gasteiger partial charge is 0.272 e. The number of carbonyl (C=O) groups excluding carboxylic acids is 2. The number of nitro benzene ring substituents is 1. The lowest BCUT2D eigenvalue weighted by molar-refractivity contribution is -0.385. The average molecular weight is 325 g/mol. The SMILES string of the molecule is COCCOCC(=O)N[C@@H](Cc1ccccc1[N+](=O)[O-])C(N)=O. The van der Waals surface area contributed by atoms with Gasteiger partial charge in [-0.2, -0.15) is 0 Å². The highest BCUT2D eigenvalue weighted by atomic mass is 16.6. The van der Waals surface area contributed by atoms with Crippen molar-refractivity contribution in [2.75, 3.05) is 26.9 Å². The minimum atomic E-state index is -1.06. The number of nitrogens with two attached hydrogens (primary N) is 1. The van der Waals surface area contributed by atoms with Crippen LogP contribution in [0.4, 0.5) is 5.69 Å². The summed E-state index contributed by atoms with van der Waals surface area (Å²) in [5.74, 6) is -1.32. The largest absolute Gasteiger partial charge is 0.382 e. The maximum atomic E-state index is 11.7. The fourth-order valence-corrected chi connectivity index (χ4v) is 1.85. The molecule has 1 rings (SSSR count). The maximum absolute atomic E-state index is 11.7. The summed E-state index contributed by atoms with van der Waals surface area (Å²) in [5.41, 5.74) is 5.42. The van der Waals surface area contributed by atoms with Gasteiger partial charge in [-0.3, -0.25) is 19.7 Å². The fourth-order valence-electron chi connectivity index (χ4n) is 1.85. The van der Waals surface area contributed by atoms with E-state index in [1.165, 1.54) is 25.3 Å². The lowest BCUT2D eigenvalue weighted by Crippen LogP contribution is -2.47. The van der Waals surface area contributed by atoms with Crippen LogP contribution >= 0.6 is 0 Å². The van der Waals surface area contributed by atoms with E-state index in [2.05, 4.69) is 5.32 Å². The van der Waals surface area contributed by atoms with E-state index in [1.54, 1.807) is 6.07 Å². The first-order chi connectivity index (χ1) is 11.0. The summed E-state index contributed by atoms with van der Waals surface area (Å²) in [7, 11) is 1.50. The molecule has 2 amide bonds. The van der Waals surface area contributed by atoms with Crippen molar-refractivity contribution in [2.24, 2.45) is 5.73 Å². The molecule has 0 unspecified atom stereocenters. The lowest BCUT2D eigenvalue weighted by atomic mass is 10.0. The van der Waals surface area contributed by atoms with Crippen LogP contribution in [-0.2, 0) is 25.5 Å². The van der Waals surface area contributed by atoms with Crippen LogP contribution in [0.15, 0.2) is 24.3 Å². The van der Waals surface area contributed by atoms with Crippen LogP contribution in [0, 0.1) is 10.1 Å². The molecule has 0 radical (unpaired) electrons. The molecule has 23 heavy (non-hydrogen) atoms. The standard InChI is InChI=1S/C14H19N3O6/c1-22-6-7-23-9-13(18)16-11(14(15)19)8-10-4-2-3-5-12(10)17(20)21/h2-5,11H,6-9H2,1H3,(H2,15,19)(H,16,18)/t11-/m0/s1. The molecule has 1 aromatic carbocycles. The number of methoxy groups -OCH3 is 1. The number of benzene rings is 1. The number of primary amides is 1. The second-order valence-electron chi connectivity index (χ2n) is 4.66. The van der Waals surface area contributed by atoms with Gasteiger partial charge in [-0.1, -0.05) is 18.2 Å². The minimum Gasteiger partial charge on any atom is -0.382 e. The van der Waals surface area contributed by atoms with Crippen LogP contribution in [0.1, 0.15) is 5.56 Å². The Kier molecular flexibility index (Phi) is 7.64. The normalized spacial score (nSPS) is 11.7. The first-order valence-corrected chi connectivity index (χ1v) is 6.83. The average Bonchev–Trinajstić information content (AvgIpc) is 2.51. The number of nitrogens with zero attached hydrogens (tertiary/aromatic N) is 1. The highest BCUT2D eigenvalue weighted by molar-refractivity contribution is 5.87. The molecule has 9 heteroatoms. The highest BCUT2D eigenvalue weighted by Crippen LogP contribution is 2.19. The van der Waals surface area contributed by atoms with Gasteiger partial charge in [0.25, 0.3) is 5.69 Å². The van der Waals surface area contributed by atoms with E-state index in [-0.39, 0.29) is 25.3 Å². The Morgan fingerprint density at radius 1 is 1.35 bits per heavy atom. The second-order valence-corrected chi connectivity index (χ2v) is 4.66. The molecule has 0 saturated heterocycles. The van der Waals surface area contributed by atoms with Crippen LogP contribution in [0.5, 0.6) is 0 Å². The van der Waals surface area contributed by atoms with Crippen molar-refractivity contribution in [1.82, 2.24) is 5.32 Å². The first kappa shape index (κ1) is 18.5. The summed E-state index contributed by atoms with van der Waals surface area (Å²) in [5, 5.41) is 13.4. The summed E-state index contributed by atoms with van der Waals surface area (Å²) < 4.78 is 9.79. The number of nitro groups is 1. The third-order valence-electron chi connectivity index (χ3n) is 2.96. The monoisotopic (exact) mass is 325 g/mol. The number of hydrogen-bond acceptors (Lipinski definition) is 6. The molecule has 0 heterocycles. The van der Waals surface area contributed by atoms with Crippen LogP contribution in [0.3, 0.4) is 0 Å². The summed E-state index contributed by atoms with van der Waals surface area (Å²) in [6.07, 6.45) is -0.0731. The van der Waals surface area contributed by atoms with Crippen molar-refractivity contribution in [3.8, 4) is 0 Å². The van der Waals surface area contributed by atoms with Crippen LogP contribution in [0.2, 0.25) is 0 Å². The number of carbonyl (C=O) groups is 2. The first-order valence-electron chi connectivity index (χ1n) is 6.83. The predicted octanol–water partition coefficient (Wildman–Crippen LogP) is -0.230. The van der Waals surface area contributed by atoms with Gasteiger partial charge in [0.05, 0.1) is 18.1 Å².